The lowest BCUT2D eigenvalue weighted by molar-refractivity contribution is 0.0964. The molecule has 11 nitrogen and oxygen atoms in total. The average Bonchev–Trinajstić information content (AvgIpc) is 3.57. The Morgan fingerprint density at radius 3 is 2.52 bits per heavy atom. The summed E-state index contributed by atoms with van der Waals surface area (Å²) in [4.78, 5) is 33.4. The number of benzene rings is 2. The van der Waals surface area contributed by atoms with Gasteiger partial charge in [-0.2, -0.15) is 5.10 Å². The van der Waals surface area contributed by atoms with Gasteiger partial charge in [0.1, 0.15) is 22.8 Å². The Kier molecular flexibility index (Phi) is 6.38. The number of carbonyl (C=O) groups excluding carboxylic acids is 1. The van der Waals surface area contributed by atoms with Crippen molar-refractivity contribution in [2.45, 2.75) is 0 Å². The second-order valence-corrected chi connectivity index (χ2v) is 11.6. The fourth-order valence-electron chi connectivity index (χ4n) is 4.78. The van der Waals surface area contributed by atoms with Crippen LogP contribution in [0, 0.1) is 5.82 Å². The van der Waals surface area contributed by atoms with E-state index < -0.39 is 27.3 Å². The van der Waals surface area contributed by atoms with Gasteiger partial charge in [-0.25, -0.2) is 22.9 Å². The summed E-state index contributed by atoms with van der Waals surface area (Å²) in [5.74, 6) is -0.750. The number of amides is 1. The number of nitrogens with one attached hydrogen (secondary N) is 3. The molecular formula is C29H23FN6O5S. The van der Waals surface area contributed by atoms with Crippen LogP contribution in [0.25, 0.3) is 55.8 Å². The molecule has 4 aromatic heterocycles. The maximum absolute atomic E-state index is 13.7. The van der Waals surface area contributed by atoms with Crippen molar-refractivity contribution in [1.82, 2.24) is 25.5 Å². The molecule has 0 spiro atoms. The highest BCUT2D eigenvalue weighted by Gasteiger charge is 2.26. The van der Waals surface area contributed by atoms with Crippen molar-refractivity contribution in [3.05, 3.63) is 88.6 Å². The zero-order valence-corrected chi connectivity index (χ0v) is 23.3. The molecule has 0 radical (unpaired) electrons. The molecule has 0 aliphatic heterocycles. The fourth-order valence-corrected chi connectivity index (χ4v) is 5.29. The molecule has 4 heterocycles. The van der Waals surface area contributed by atoms with Crippen LogP contribution < -0.4 is 15.2 Å². The van der Waals surface area contributed by atoms with Crippen molar-refractivity contribution in [2.24, 2.45) is 0 Å². The molecule has 0 unspecified atom stereocenters. The molecule has 0 saturated heterocycles. The quantitative estimate of drug-likeness (QED) is 0.263. The number of pyridine rings is 1. The normalized spacial score (nSPS) is 11.7. The van der Waals surface area contributed by atoms with E-state index in [-0.39, 0.29) is 33.9 Å². The second kappa shape index (κ2) is 9.96. The lowest BCUT2D eigenvalue weighted by atomic mass is 10.00. The highest BCUT2D eigenvalue weighted by atomic mass is 32.2. The Hall–Kier alpha value is -5.30. The number of hydrogen-bond donors (Lipinski definition) is 3. The topological polar surface area (TPSA) is 154 Å². The summed E-state index contributed by atoms with van der Waals surface area (Å²) >= 11 is 0. The predicted molar refractivity (Wildman–Crippen MR) is 157 cm³/mol. The zero-order chi connectivity index (χ0) is 29.8. The lowest BCUT2D eigenvalue weighted by Crippen LogP contribution is -2.25. The SMILES string of the molecule is CNC(=O)c1c(-c2ccc(F)cc2)oc2cc(N(C)S(C)(=O)=O)c(-c3cc(-c4cc5cccnc5[nH]4)c(=O)[nH]n3)cc12. The van der Waals surface area contributed by atoms with Gasteiger partial charge in [0.15, 0.2) is 0 Å². The van der Waals surface area contributed by atoms with Gasteiger partial charge < -0.3 is 14.7 Å². The molecule has 6 aromatic rings. The standard InChI is InChI=1S/C29H23FN6O5S/c1-31-29(38)25-20-12-18(22-13-19(28(37)35-34-22)21-11-16-5-4-10-32-27(16)33-21)23(36(2)42(3,39)40)14-24(20)41-26(25)15-6-8-17(30)9-7-15/h4-14H,1-3H3,(H,31,38)(H,32,33)(H,35,37). The monoisotopic (exact) mass is 586 g/mol. The Morgan fingerprint density at radius 1 is 1.07 bits per heavy atom. The first-order valence-corrected chi connectivity index (χ1v) is 14.5. The number of rotatable bonds is 6. The Morgan fingerprint density at radius 2 is 1.83 bits per heavy atom. The molecule has 42 heavy (non-hydrogen) atoms. The molecule has 0 atom stereocenters. The molecule has 0 aliphatic carbocycles. The molecule has 1 amide bonds. The molecule has 13 heteroatoms. The van der Waals surface area contributed by atoms with Gasteiger partial charge in [0, 0.05) is 48.3 Å². The van der Waals surface area contributed by atoms with Crippen LogP contribution in [0.3, 0.4) is 0 Å². The molecule has 0 bridgehead atoms. The first-order valence-electron chi connectivity index (χ1n) is 12.6. The second-order valence-electron chi connectivity index (χ2n) is 9.61. The Labute approximate surface area is 238 Å². The van der Waals surface area contributed by atoms with E-state index in [4.69, 9.17) is 4.42 Å². The predicted octanol–water partition coefficient (Wildman–Crippen LogP) is 4.29. The van der Waals surface area contributed by atoms with E-state index >= 15 is 0 Å². The molecule has 0 aliphatic rings. The van der Waals surface area contributed by atoms with E-state index in [1.54, 1.807) is 24.4 Å². The molecule has 2 aromatic carbocycles. The third-order valence-electron chi connectivity index (χ3n) is 6.97. The average molecular weight is 587 g/mol. The van der Waals surface area contributed by atoms with Gasteiger partial charge in [-0.1, -0.05) is 0 Å². The van der Waals surface area contributed by atoms with E-state index in [1.165, 1.54) is 50.5 Å². The summed E-state index contributed by atoms with van der Waals surface area (Å²) in [6.07, 6.45) is 2.68. The number of fused-ring (bicyclic) bond motifs is 2. The Bertz CT molecular complexity index is 2150. The van der Waals surface area contributed by atoms with Crippen molar-refractivity contribution >= 4 is 43.6 Å². The van der Waals surface area contributed by atoms with Crippen molar-refractivity contribution < 1.29 is 22.0 Å². The van der Waals surface area contributed by atoms with E-state index in [0.717, 1.165) is 15.9 Å². The highest BCUT2D eigenvalue weighted by molar-refractivity contribution is 7.92. The number of H-pyrrole nitrogens is 2. The summed E-state index contributed by atoms with van der Waals surface area (Å²) in [5, 5.41) is 10.5. The number of furan rings is 1. The maximum atomic E-state index is 13.7. The van der Waals surface area contributed by atoms with Crippen LogP contribution in [0.4, 0.5) is 10.1 Å². The van der Waals surface area contributed by atoms with E-state index in [1.807, 2.05) is 6.07 Å². The summed E-state index contributed by atoms with van der Waals surface area (Å²) in [7, 11) is -0.927. The lowest BCUT2D eigenvalue weighted by Gasteiger charge is -2.20. The Balaban J connectivity index is 1.63. The van der Waals surface area contributed by atoms with Crippen molar-refractivity contribution in [1.29, 1.82) is 0 Å². The highest BCUT2D eigenvalue weighted by Crippen LogP contribution is 2.41. The number of halogens is 1. The minimum atomic E-state index is -3.77. The van der Waals surface area contributed by atoms with Gasteiger partial charge in [-0.05, 0) is 54.6 Å². The van der Waals surface area contributed by atoms with Gasteiger partial charge in [0.05, 0.1) is 34.5 Å². The minimum Gasteiger partial charge on any atom is -0.455 e. The number of hydrogen-bond acceptors (Lipinski definition) is 7. The van der Waals surface area contributed by atoms with Crippen LogP contribution in [0.2, 0.25) is 0 Å². The summed E-state index contributed by atoms with van der Waals surface area (Å²) in [6, 6.07) is 15.5. The number of sulfonamides is 1. The third-order valence-corrected chi connectivity index (χ3v) is 8.16. The van der Waals surface area contributed by atoms with Crippen LogP contribution in [0.1, 0.15) is 10.4 Å². The van der Waals surface area contributed by atoms with Crippen LogP contribution in [0.5, 0.6) is 0 Å². The van der Waals surface area contributed by atoms with Crippen LogP contribution >= 0.6 is 0 Å². The number of nitrogens with zero attached hydrogens (tertiary/aromatic N) is 3. The van der Waals surface area contributed by atoms with Crippen molar-refractivity contribution in [3.63, 3.8) is 0 Å². The maximum Gasteiger partial charge on any atom is 0.273 e. The number of aromatic nitrogens is 4. The largest absolute Gasteiger partial charge is 0.455 e. The summed E-state index contributed by atoms with van der Waals surface area (Å²) < 4.78 is 46.2. The molecule has 0 fully saturated rings. The minimum absolute atomic E-state index is 0.167. The summed E-state index contributed by atoms with van der Waals surface area (Å²) in [5.41, 5.74) is 2.41. The number of aromatic amines is 2. The summed E-state index contributed by atoms with van der Waals surface area (Å²) in [6.45, 7) is 0. The van der Waals surface area contributed by atoms with Crippen LogP contribution in [-0.4, -0.2) is 54.8 Å². The zero-order valence-electron chi connectivity index (χ0n) is 22.5. The molecule has 0 saturated carbocycles. The van der Waals surface area contributed by atoms with Crippen LogP contribution in [-0.2, 0) is 10.0 Å². The van der Waals surface area contributed by atoms with Gasteiger partial charge in [0.25, 0.3) is 11.5 Å². The molecule has 3 N–H and O–H groups in total. The molecular weight excluding hydrogens is 563 g/mol. The fraction of sp³-hybridized carbons (Fsp3) is 0.103. The van der Waals surface area contributed by atoms with Crippen LogP contribution in [0.15, 0.2) is 76.1 Å². The number of anilines is 1. The molecule has 6 rings (SSSR count). The smallest absolute Gasteiger partial charge is 0.273 e. The first-order chi connectivity index (χ1) is 20.0. The van der Waals surface area contributed by atoms with Gasteiger partial charge in [0.2, 0.25) is 10.0 Å². The van der Waals surface area contributed by atoms with Gasteiger partial charge in [-0.15, -0.1) is 0 Å². The van der Waals surface area contributed by atoms with Crippen molar-refractivity contribution in [2.75, 3.05) is 24.7 Å². The van der Waals surface area contributed by atoms with Crippen molar-refractivity contribution in [3.8, 4) is 33.8 Å². The van der Waals surface area contributed by atoms with Gasteiger partial charge >= 0.3 is 0 Å². The third kappa shape index (κ3) is 4.59. The van der Waals surface area contributed by atoms with E-state index in [9.17, 15) is 22.4 Å². The van der Waals surface area contributed by atoms with E-state index in [0.29, 0.717) is 27.9 Å². The van der Waals surface area contributed by atoms with Gasteiger partial charge in [-0.3, -0.25) is 13.9 Å². The van der Waals surface area contributed by atoms with E-state index in [2.05, 4.69) is 25.5 Å². The first kappa shape index (κ1) is 26.9. The number of carbonyl (C=O) groups is 1. The molecule has 212 valence electrons.